The molecule has 0 radical (unpaired) electrons. The van der Waals surface area contributed by atoms with Gasteiger partial charge in [-0.1, -0.05) is 101 Å². The van der Waals surface area contributed by atoms with Gasteiger partial charge >= 0.3 is 0 Å². The van der Waals surface area contributed by atoms with Crippen molar-refractivity contribution in [3.05, 3.63) is 35.9 Å². The maximum atomic E-state index is 5.72. The second-order valence-corrected chi connectivity index (χ2v) is 8.55. The average molecular weight is 321 g/mol. The van der Waals surface area contributed by atoms with Crippen LogP contribution in [0.1, 0.15) is 70.3 Å². The van der Waals surface area contributed by atoms with E-state index in [0.29, 0.717) is 0 Å². The lowest BCUT2D eigenvalue weighted by Gasteiger charge is -2.04. The summed E-state index contributed by atoms with van der Waals surface area (Å²) in [5, 5.41) is 0. The van der Waals surface area contributed by atoms with E-state index in [4.69, 9.17) is 4.74 Å². The second-order valence-electron chi connectivity index (χ2n) is 6.43. The largest absolute Gasteiger partial charge is 0.377 e. The Morgan fingerprint density at radius 2 is 1.41 bits per heavy atom. The molecule has 0 heterocycles. The van der Waals surface area contributed by atoms with Crippen LogP contribution in [0, 0.1) is 0 Å². The van der Waals surface area contributed by atoms with Crippen molar-refractivity contribution >= 4 is 9.52 Å². The van der Waals surface area contributed by atoms with Gasteiger partial charge in [-0.15, -0.1) is 0 Å². The Labute approximate surface area is 140 Å². The van der Waals surface area contributed by atoms with Crippen molar-refractivity contribution < 1.29 is 4.74 Å². The molecule has 0 saturated carbocycles. The molecule has 0 aliphatic rings. The minimum atomic E-state index is 0.250. The molecule has 0 atom stereocenters. The molecule has 0 aliphatic carbocycles. The van der Waals surface area contributed by atoms with Crippen LogP contribution in [0.2, 0.25) is 12.1 Å². The molecule has 0 fully saturated rings. The molecular formula is C20H36OSi. The van der Waals surface area contributed by atoms with Crippen molar-refractivity contribution in [2.75, 3.05) is 6.61 Å². The van der Waals surface area contributed by atoms with Crippen LogP contribution in [-0.2, 0) is 11.3 Å². The summed E-state index contributed by atoms with van der Waals surface area (Å²) >= 11 is 0. The Bertz CT molecular complexity index is 326. The fraction of sp³-hybridized carbons (Fsp3) is 0.700. The number of hydrogen-bond donors (Lipinski definition) is 0. The molecule has 1 rings (SSSR count). The van der Waals surface area contributed by atoms with Gasteiger partial charge in [-0.3, -0.25) is 0 Å². The predicted octanol–water partition coefficient (Wildman–Crippen LogP) is 5.74. The molecule has 0 aromatic heterocycles. The van der Waals surface area contributed by atoms with Crippen LogP contribution in [0.3, 0.4) is 0 Å². The first kappa shape index (κ1) is 19.4. The number of rotatable bonds is 15. The van der Waals surface area contributed by atoms with Crippen LogP contribution in [-0.4, -0.2) is 16.1 Å². The smallest absolute Gasteiger partial charge is 0.0716 e. The molecule has 0 amide bonds. The minimum Gasteiger partial charge on any atom is -0.377 e. The maximum Gasteiger partial charge on any atom is 0.0716 e. The number of ether oxygens (including phenoxy) is 1. The van der Waals surface area contributed by atoms with Crippen molar-refractivity contribution in [1.29, 1.82) is 0 Å². The van der Waals surface area contributed by atoms with Crippen molar-refractivity contribution in [2.45, 2.75) is 83.4 Å². The Balaban J connectivity index is 1.73. The predicted molar refractivity (Wildman–Crippen MR) is 101 cm³/mol. The first-order valence-electron chi connectivity index (χ1n) is 9.55. The molecular weight excluding hydrogens is 284 g/mol. The first-order valence-corrected chi connectivity index (χ1v) is 11.5. The van der Waals surface area contributed by atoms with Crippen LogP contribution >= 0.6 is 0 Å². The van der Waals surface area contributed by atoms with Gasteiger partial charge < -0.3 is 4.74 Å². The maximum absolute atomic E-state index is 5.72. The Hall–Kier alpha value is -0.603. The highest BCUT2D eigenvalue weighted by Crippen LogP contribution is 2.09. The minimum absolute atomic E-state index is 0.250. The molecule has 1 aromatic rings. The van der Waals surface area contributed by atoms with Crippen LogP contribution in [0.25, 0.3) is 0 Å². The van der Waals surface area contributed by atoms with Gasteiger partial charge in [0.2, 0.25) is 0 Å². The third-order valence-electron chi connectivity index (χ3n) is 4.25. The fourth-order valence-corrected chi connectivity index (χ4v) is 4.58. The second kappa shape index (κ2) is 15.3. The lowest BCUT2D eigenvalue weighted by atomic mass is 10.1. The van der Waals surface area contributed by atoms with Crippen LogP contribution in [0.5, 0.6) is 0 Å². The van der Waals surface area contributed by atoms with Crippen LogP contribution < -0.4 is 0 Å². The van der Waals surface area contributed by atoms with Gasteiger partial charge in [0.05, 0.1) is 6.61 Å². The van der Waals surface area contributed by atoms with E-state index < -0.39 is 0 Å². The summed E-state index contributed by atoms with van der Waals surface area (Å²) in [6.07, 6.45) is 12.8. The van der Waals surface area contributed by atoms with E-state index in [0.717, 1.165) is 13.2 Å². The molecule has 0 aliphatic heterocycles. The molecule has 0 bridgehead atoms. The van der Waals surface area contributed by atoms with Gasteiger partial charge in [0, 0.05) is 16.1 Å². The molecule has 1 aromatic carbocycles. The monoisotopic (exact) mass is 320 g/mol. The van der Waals surface area contributed by atoms with E-state index in [9.17, 15) is 0 Å². The summed E-state index contributed by atoms with van der Waals surface area (Å²) in [4.78, 5) is 0. The average Bonchev–Trinajstić information content (AvgIpc) is 2.56. The number of hydrogen-bond acceptors (Lipinski definition) is 1. The molecule has 126 valence electrons. The van der Waals surface area contributed by atoms with E-state index in [1.807, 2.05) is 0 Å². The van der Waals surface area contributed by atoms with Gasteiger partial charge in [-0.25, -0.2) is 0 Å². The molecule has 22 heavy (non-hydrogen) atoms. The first-order chi connectivity index (χ1) is 10.9. The summed E-state index contributed by atoms with van der Waals surface area (Å²) in [6.45, 7) is 3.99. The Kier molecular flexibility index (Phi) is 13.5. The van der Waals surface area contributed by atoms with E-state index in [2.05, 4.69) is 37.3 Å². The van der Waals surface area contributed by atoms with Crippen molar-refractivity contribution in [3.63, 3.8) is 0 Å². The lowest BCUT2D eigenvalue weighted by molar-refractivity contribution is 0.117. The summed E-state index contributed by atoms with van der Waals surface area (Å²) in [5.74, 6) is 0. The Morgan fingerprint density at radius 1 is 0.773 bits per heavy atom. The third kappa shape index (κ3) is 12.0. The van der Waals surface area contributed by atoms with E-state index >= 15 is 0 Å². The van der Waals surface area contributed by atoms with Gasteiger partial charge in [0.1, 0.15) is 0 Å². The summed E-state index contributed by atoms with van der Waals surface area (Å²) in [7, 11) is 0.250. The molecule has 2 heteroatoms. The van der Waals surface area contributed by atoms with Crippen molar-refractivity contribution in [2.24, 2.45) is 0 Å². The highest BCUT2D eigenvalue weighted by molar-refractivity contribution is 6.35. The molecule has 0 unspecified atom stereocenters. The van der Waals surface area contributed by atoms with Gasteiger partial charge in [-0.2, -0.15) is 0 Å². The topological polar surface area (TPSA) is 9.23 Å². The zero-order valence-electron chi connectivity index (χ0n) is 14.7. The number of benzene rings is 1. The summed E-state index contributed by atoms with van der Waals surface area (Å²) < 4.78 is 5.72. The number of unbranched alkanes of at least 4 members (excludes halogenated alkanes) is 7. The zero-order valence-corrected chi connectivity index (χ0v) is 16.1. The molecule has 0 N–H and O–H groups in total. The normalized spacial score (nSPS) is 11.5. The van der Waals surface area contributed by atoms with Gasteiger partial charge in [0.15, 0.2) is 0 Å². The molecule has 0 saturated heterocycles. The summed E-state index contributed by atoms with van der Waals surface area (Å²) in [5.41, 5.74) is 1.29. The molecule has 1 nitrogen and oxygen atoms in total. The van der Waals surface area contributed by atoms with Gasteiger partial charge in [0.25, 0.3) is 0 Å². The zero-order chi connectivity index (χ0) is 15.7. The van der Waals surface area contributed by atoms with E-state index in [1.54, 1.807) is 12.1 Å². The van der Waals surface area contributed by atoms with E-state index in [-0.39, 0.29) is 9.52 Å². The highest BCUT2D eigenvalue weighted by Gasteiger charge is 1.95. The third-order valence-corrected chi connectivity index (χ3v) is 6.25. The van der Waals surface area contributed by atoms with Crippen molar-refractivity contribution in [3.8, 4) is 0 Å². The standard InChI is InChI=1S/C20H36OSi/c1-2-3-4-5-6-12-17-22-18-13-8-11-16-21-19-20-14-9-7-10-15-20/h7,9-10,14-15H,2-6,8,11-13,16-19,22H2,1H3. The Morgan fingerprint density at radius 3 is 2.14 bits per heavy atom. The SMILES string of the molecule is CCCCCCCC[SiH2]CCCCCOCc1ccccc1. The van der Waals surface area contributed by atoms with Gasteiger partial charge in [-0.05, 0) is 12.0 Å². The lowest BCUT2D eigenvalue weighted by Crippen LogP contribution is -1.96. The van der Waals surface area contributed by atoms with Crippen LogP contribution in [0.4, 0.5) is 0 Å². The molecule has 0 spiro atoms. The highest BCUT2D eigenvalue weighted by atomic mass is 28.2. The quantitative estimate of drug-likeness (QED) is 0.296. The summed E-state index contributed by atoms with van der Waals surface area (Å²) in [6, 6.07) is 13.6. The van der Waals surface area contributed by atoms with Crippen LogP contribution in [0.15, 0.2) is 30.3 Å². The van der Waals surface area contributed by atoms with Crippen molar-refractivity contribution in [1.82, 2.24) is 0 Å². The fourth-order valence-electron chi connectivity index (χ4n) is 2.81. The van der Waals surface area contributed by atoms with E-state index in [1.165, 1.54) is 63.4 Å².